The van der Waals surface area contributed by atoms with Gasteiger partial charge in [-0.2, -0.15) is 0 Å². The lowest BCUT2D eigenvalue weighted by Gasteiger charge is -2.14. The van der Waals surface area contributed by atoms with Gasteiger partial charge in [0.1, 0.15) is 0 Å². The van der Waals surface area contributed by atoms with Crippen LogP contribution in [0.2, 0.25) is 5.02 Å². The number of benzene rings is 1. The van der Waals surface area contributed by atoms with E-state index in [1.54, 1.807) is 19.1 Å². The van der Waals surface area contributed by atoms with E-state index in [9.17, 15) is 9.59 Å². The van der Waals surface area contributed by atoms with E-state index < -0.39 is 5.25 Å². The van der Waals surface area contributed by atoms with E-state index in [0.29, 0.717) is 21.6 Å². The Bertz CT molecular complexity index is 805. The number of aromatic amines is 1. The fraction of sp³-hybridized carbons (Fsp3) is 0.353. The van der Waals surface area contributed by atoms with Crippen molar-refractivity contribution in [1.82, 2.24) is 9.97 Å². The number of aromatic nitrogens is 2. The summed E-state index contributed by atoms with van der Waals surface area (Å²) in [5, 5.41) is 3.44. The average molecular weight is 366 g/mol. The molecule has 1 unspecified atom stereocenters. The summed E-state index contributed by atoms with van der Waals surface area (Å²) < 4.78 is 0. The van der Waals surface area contributed by atoms with Gasteiger partial charge in [-0.3, -0.25) is 9.59 Å². The molecule has 0 aliphatic rings. The zero-order chi connectivity index (χ0) is 17.9. The molecule has 0 aliphatic carbocycles. The lowest BCUT2D eigenvalue weighted by Crippen LogP contribution is -2.23. The van der Waals surface area contributed by atoms with Gasteiger partial charge in [-0.1, -0.05) is 43.3 Å². The highest BCUT2D eigenvalue weighted by atomic mass is 35.5. The molecular weight excluding hydrogens is 346 g/mol. The minimum atomic E-state index is -0.422. The van der Waals surface area contributed by atoms with Crippen LogP contribution in [0.25, 0.3) is 0 Å². The number of H-pyrrole nitrogens is 1. The van der Waals surface area contributed by atoms with Crippen molar-refractivity contribution >= 4 is 35.0 Å². The molecule has 1 heterocycles. The minimum absolute atomic E-state index is 0.143. The van der Waals surface area contributed by atoms with E-state index in [2.05, 4.69) is 15.3 Å². The molecule has 2 aromatic rings. The Morgan fingerprint density at radius 2 is 2.00 bits per heavy atom. The van der Waals surface area contributed by atoms with Crippen molar-refractivity contribution < 1.29 is 4.79 Å². The quantitative estimate of drug-likeness (QED) is 0.621. The van der Waals surface area contributed by atoms with Gasteiger partial charge >= 0.3 is 0 Å². The third-order valence-corrected chi connectivity index (χ3v) is 4.67. The van der Waals surface area contributed by atoms with Crippen molar-refractivity contribution in [3.05, 3.63) is 50.9 Å². The van der Waals surface area contributed by atoms with Crippen molar-refractivity contribution in [3.8, 4) is 0 Å². The summed E-state index contributed by atoms with van der Waals surface area (Å²) in [6.45, 7) is 7.60. The molecule has 2 N–H and O–H groups in total. The molecule has 0 fully saturated rings. The first kappa shape index (κ1) is 18.5. The number of carbonyl (C=O) groups is 1. The van der Waals surface area contributed by atoms with Gasteiger partial charge in [-0.25, -0.2) is 4.98 Å². The van der Waals surface area contributed by atoms with Gasteiger partial charge in [0.05, 0.1) is 10.9 Å². The number of rotatable bonds is 5. The highest BCUT2D eigenvalue weighted by molar-refractivity contribution is 8.00. The van der Waals surface area contributed by atoms with Crippen molar-refractivity contribution in [2.75, 3.05) is 5.32 Å². The van der Waals surface area contributed by atoms with Crippen molar-refractivity contribution in [1.29, 1.82) is 0 Å². The van der Waals surface area contributed by atoms with Gasteiger partial charge in [0.25, 0.3) is 5.56 Å². The Labute approximate surface area is 150 Å². The largest absolute Gasteiger partial charge is 0.325 e. The first-order chi connectivity index (χ1) is 11.3. The molecule has 5 nitrogen and oxygen atoms in total. The summed E-state index contributed by atoms with van der Waals surface area (Å²) in [7, 11) is 0. The molecule has 1 amide bonds. The molecule has 0 radical (unpaired) electrons. The predicted molar refractivity (Wildman–Crippen MR) is 99.1 cm³/mol. The summed E-state index contributed by atoms with van der Waals surface area (Å²) in [6.07, 6.45) is 0. The zero-order valence-electron chi connectivity index (χ0n) is 14.0. The van der Waals surface area contributed by atoms with E-state index in [4.69, 9.17) is 11.6 Å². The molecule has 1 aromatic heterocycles. The van der Waals surface area contributed by atoms with Crippen LogP contribution < -0.4 is 10.9 Å². The number of nitrogens with zero attached hydrogens (tertiary/aromatic N) is 1. The summed E-state index contributed by atoms with van der Waals surface area (Å²) in [4.78, 5) is 31.2. The minimum Gasteiger partial charge on any atom is -0.325 e. The lowest BCUT2D eigenvalue weighted by molar-refractivity contribution is -0.115. The lowest BCUT2D eigenvalue weighted by atomic mass is 10.1. The standard InChI is InChI=1S/C17H20ClN3O2S/c1-9(2)13-8-15(22)21-17(20-13)24-11(4)16(23)19-14-7-12(18)6-5-10(14)3/h5-9,11H,1-4H3,(H,19,23)(H,20,21,22). The molecular formula is C17H20ClN3O2S. The molecule has 128 valence electrons. The van der Waals surface area contributed by atoms with Crippen LogP contribution in [-0.2, 0) is 4.79 Å². The SMILES string of the molecule is Cc1ccc(Cl)cc1NC(=O)C(C)Sc1nc(C(C)C)cc(=O)[nH]1. The van der Waals surface area contributed by atoms with Crippen molar-refractivity contribution in [3.63, 3.8) is 0 Å². The van der Waals surface area contributed by atoms with Gasteiger partial charge in [-0.15, -0.1) is 0 Å². The van der Waals surface area contributed by atoms with E-state index >= 15 is 0 Å². The van der Waals surface area contributed by atoms with Gasteiger partial charge in [0.2, 0.25) is 5.91 Å². The second kappa shape index (κ2) is 7.85. The van der Waals surface area contributed by atoms with Crippen LogP contribution in [0.3, 0.4) is 0 Å². The number of nitrogens with one attached hydrogen (secondary N) is 2. The molecule has 0 saturated carbocycles. The average Bonchev–Trinajstić information content (AvgIpc) is 2.50. The van der Waals surface area contributed by atoms with Crippen LogP contribution in [0.15, 0.2) is 34.2 Å². The monoisotopic (exact) mass is 365 g/mol. The highest BCUT2D eigenvalue weighted by Gasteiger charge is 2.17. The number of hydrogen-bond donors (Lipinski definition) is 2. The van der Waals surface area contributed by atoms with Crippen LogP contribution in [0.1, 0.15) is 37.9 Å². The number of hydrogen-bond acceptors (Lipinski definition) is 4. The van der Waals surface area contributed by atoms with Crippen LogP contribution in [0, 0.1) is 6.92 Å². The maximum Gasteiger partial charge on any atom is 0.251 e. The van der Waals surface area contributed by atoms with E-state index in [1.807, 2.05) is 26.8 Å². The third kappa shape index (κ3) is 4.85. The number of amides is 1. The Hall–Kier alpha value is -1.79. The highest BCUT2D eigenvalue weighted by Crippen LogP contribution is 2.24. The second-order valence-corrected chi connectivity index (χ2v) is 7.60. The van der Waals surface area contributed by atoms with E-state index in [0.717, 1.165) is 5.56 Å². The normalized spacial score (nSPS) is 12.2. The molecule has 0 saturated heterocycles. The molecule has 0 aliphatic heterocycles. The molecule has 7 heteroatoms. The number of aryl methyl sites for hydroxylation is 1. The first-order valence-electron chi connectivity index (χ1n) is 7.61. The van der Waals surface area contributed by atoms with E-state index in [-0.39, 0.29) is 17.4 Å². The van der Waals surface area contributed by atoms with Gasteiger partial charge in [0.15, 0.2) is 5.16 Å². The second-order valence-electron chi connectivity index (χ2n) is 5.84. The Morgan fingerprint density at radius 3 is 2.67 bits per heavy atom. The Balaban J connectivity index is 2.12. The summed E-state index contributed by atoms with van der Waals surface area (Å²) >= 11 is 7.18. The van der Waals surface area contributed by atoms with Crippen molar-refractivity contribution in [2.45, 2.75) is 44.0 Å². The van der Waals surface area contributed by atoms with Crippen LogP contribution in [0.5, 0.6) is 0 Å². The molecule has 1 aromatic carbocycles. The molecule has 0 bridgehead atoms. The van der Waals surface area contributed by atoms with E-state index in [1.165, 1.54) is 17.8 Å². The van der Waals surface area contributed by atoms with Gasteiger partial charge < -0.3 is 10.3 Å². The number of carbonyl (C=O) groups excluding carboxylic acids is 1. The fourth-order valence-corrected chi connectivity index (χ4v) is 2.98. The maximum absolute atomic E-state index is 12.4. The molecule has 0 spiro atoms. The summed E-state index contributed by atoms with van der Waals surface area (Å²) in [5.74, 6) is -0.0344. The topological polar surface area (TPSA) is 74.8 Å². The summed E-state index contributed by atoms with van der Waals surface area (Å²) in [5.41, 5.74) is 2.10. The van der Waals surface area contributed by atoms with Gasteiger partial charge in [0, 0.05) is 16.8 Å². The van der Waals surface area contributed by atoms with Crippen molar-refractivity contribution in [2.24, 2.45) is 0 Å². The molecule has 2 rings (SSSR count). The molecule has 1 atom stereocenters. The predicted octanol–water partition coefficient (Wildman–Crippen LogP) is 3.97. The maximum atomic E-state index is 12.4. The van der Waals surface area contributed by atoms with Crippen LogP contribution in [0.4, 0.5) is 5.69 Å². The first-order valence-corrected chi connectivity index (χ1v) is 8.87. The zero-order valence-corrected chi connectivity index (χ0v) is 15.6. The summed E-state index contributed by atoms with van der Waals surface area (Å²) in [6, 6.07) is 6.82. The number of halogens is 1. The molecule has 24 heavy (non-hydrogen) atoms. The Kier molecular flexibility index (Phi) is 6.07. The third-order valence-electron chi connectivity index (χ3n) is 3.45. The fourth-order valence-electron chi connectivity index (χ4n) is 1.99. The van der Waals surface area contributed by atoms with Crippen LogP contribution in [-0.4, -0.2) is 21.1 Å². The van der Waals surface area contributed by atoms with Gasteiger partial charge in [-0.05, 0) is 37.5 Å². The number of anilines is 1. The number of thioether (sulfide) groups is 1. The van der Waals surface area contributed by atoms with Crippen LogP contribution >= 0.6 is 23.4 Å². The smallest absolute Gasteiger partial charge is 0.251 e. The Morgan fingerprint density at radius 1 is 1.29 bits per heavy atom.